The summed E-state index contributed by atoms with van der Waals surface area (Å²) in [6.45, 7) is 7.73. The van der Waals surface area contributed by atoms with E-state index in [9.17, 15) is 4.79 Å². The molecule has 6 nitrogen and oxygen atoms in total. The fraction of sp³-hybridized carbons (Fsp3) is 0.778. The zero-order valence-corrected chi connectivity index (χ0v) is 15.9. The second kappa shape index (κ2) is 8.51. The zero-order valence-electron chi connectivity index (χ0n) is 15.9. The van der Waals surface area contributed by atoms with E-state index in [1.165, 1.54) is 36.9 Å². The number of amides is 2. The van der Waals surface area contributed by atoms with Crippen molar-refractivity contribution in [3.63, 3.8) is 0 Å². The molecule has 1 fully saturated rings. The van der Waals surface area contributed by atoms with Crippen molar-refractivity contribution in [2.45, 2.75) is 65.0 Å². The van der Waals surface area contributed by atoms with Gasteiger partial charge in [0.2, 0.25) is 0 Å². The molecule has 1 aromatic heterocycles. The normalized spacial score (nSPS) is 16.6. The zero-order chi connectivity index (χ0) is 17.7. The summed E-state index contributed by atoms with van der Waals surface area (Å²) >= 11 is 0. The Labute approximate surface area is 146 Å². The molecule has 1 heterocycles. The molecule has 1 atom stereocenters. The van der Waals surface area contributed by atoms with Crippen molar-refractivity contribution < 1.29 is 4.79 Å². The number of hydrogen-bond acceptors (Lipinski definition) is 3. The van der Waals surface area contributed by atoms with Gasteiger partial charge in [-0.1, -0.05) is 12.8 Å². The molecule has 0 saturated heterocycles. The van der Waals surface area contributed by atoms with Gasteiger partial charge in [-0.25, -0.2) is 4.79 Å². The van der Waals surface area contributed by atoms with Crippen LogP contribution in [0.5, 0.6) is 0 Å². The van der Waals surface area contributed by atoms with Crippen LogP contribution in [0.2, 0.25) is 0 Å². The Kier molecular flexibility index (Phi) is 6.66. The third-order valence-corrected chi connectivity index (χ3v) is 5.24. The first-order valence-electron chi connectivity index (χ1n) is 9.12. The summed E-state index contributed by atoms with van der Waals surface area (Å²) in [6, 6.07) is 0.700. The van der Waals surface area contributed by atoms with Gasteiger partial charge in [-0.15, -0.1) is 0 Å². The molecular formula is C18H33N5O. The van der Waals surface area contributed by atoms with Gasteiger partial charge in [-0.3, -0.25) is 4.68 Å². The molecule has 6 heteroatoms. The van der Waals surface area contributed by atoms with E-state index in [4.69, 9.17) is 0 Å². The number of likely N-dealkylation sites (N-methyl/N-ethyl adjacent to an activating group) is 1. The monoisotopic (exact) mass is 335 g/mol. The summed E-state index contributed by atoms with van der Waals surface area (Å²) in [5.74, 6) is 0. The Morgan fingerprint density at radius 1 is 1.38 bits per heavy atom. The number of aryl methyl sites for hydroxylation is 2. The molecule has 0 aromatic carbocycles. The molecule has 0 bridgehead atoms. The van der Waals surface area contributed by atoms with E-state index in [1.54, 1.807) is 0 Å². The lowest BCUT2D eigenvalue weighted by Gasteiger charge is -2.24. The summed E-state index contributed by atoms with van der Waals surface area (Å²) in [5.41, 5.74) is 3.44. The molecule has 2 N–H and O–H groups in total. The van der Waals surface area contributed by atoms with E-state index in [1.807, 2.05) is 25.6 Å². The van der Waals surface area contributed by atoms with Crippen LogP contribution in [0.1, 0.15) is 49.6 Å². The first-order valence-corrected chi connectivity index (χ1v) is 9.12. The number of aromatic nitrogens is 2. The van der Waals surface area contributed by atoms with Gasteiger partial charge < -0.3 is 15.5 Å². The molecular weight excluding hydrogens is 302 g/mol. The number of nitrogens with zero attached hydrogens (tertiary/aromatic N) is 3. The lowest BCUT2D eigenvalue weighted by Crippen LogP contribution is -2.44. The molecule has 2 amide bonds. The average Bonchev–Trinajstić information content (AvgIpc) is 3.12. The Bertz CT molecular complexity index is 548. The first kappa shape index (κ1) is 18.8. The number of carbonyl (C=O) groups is 1. The number of carbonyl (C=O) groups excluding carboxylic acids is 1. The Hall–Kier alpha value is -1.56. The SMILES string of the molecule is Cc1nn(C)c(C)c1CC(C)NC(=O)NCCN(C)C1CCCC1. The minimum Gasteiger partial charge on any atom is -0.337 e. The van der Waals surface area contributed by atoms with Gasteiger partial charge in [0.15, 0.2) is 0 Å². The van der Waals surface area contributed by atoms with Gasteiger partial charge in [-0.2, -0.15) is 5.10 Å². The van der Waals surface area contributed by atoms with E-state index in [0.717, 1.165) is 18.7 Å². The molecule has 136 valence electrons. The number of nitrogens with one attached hydrogen (secondary N) is 2. The Balaban J connectivity index is 1.69. The number of urea groups is 1. The van der Waals surface area contributed by atoms with E-state index in [2.05, 4.69) is 34.6 Å². The molecule has 1 unspecified atom stereocenters. The third kappa shape index (κ3) is 4.97. The molecule has 0 aliphatic heterocycles. The fourth-order valence-corrected chi connectivity index (χ4v) is 3.62. The maximum atomic E-state index is 12.1. The van der Waals surface area contributed by atoms with E-state index < -0.39 is 0 Å². The van der Waals surface area contributed by atoms with Gasteiger partial charge in [-0.05, 0) is 52.6 Å². The van der Waals surface area contributed by atoms with Crippen LogP contribution in [-0.2, 0) is 13.5 Å². The van der Waals surface area contributed by atoms with Gasteiger partial charge in [0.05, 0.1) is 5.69 Å². The molecule has 0 radical (unpaired) electrons. The highest BCUT2D eigenvalue weighted by Gasteiger charge is 2.19. The summed E-state index contributed by atoms with van der Waals surface area (Å²) in [4.78, 5) is 14.4. The fourth-order valence-electron chi connectivity index (χ4n) is 3.62. The highest BCUT2D eigenvalue weighted by atomic mass is 16.2. The van der Waals surface area contributed by atoms with Crippen LogP contribution < -0.4 is 10.6 Å². The maximum absolute atomic E-state index is 12.1. The topological polar surface area (TPSA) is 62.2 Å². The molecule has 0 spiro atoms. The minimum absolute atomic E-state index is 0.0819. The Morgan fingerprint density at radius 2 is 2.04 bits per heavy atom. The van der Waals surface area contributed by atoms with E-state index in [-0.39, 0.29) is 12.1 Å². The largest absolute Gasteiger partial charge is 0.337 e. The quantitative estimate of drug-likeness (QED) is 0.802. The van der Waals surface area contributed by atoms with Crippen LogP contribution >= 0.6 is 0 Å². The van der Waals surface area contributed by atoms with Crippen LogP contribution in [-0.4, -0.2) is 52.9 Å². The van der Waals surface area contributed by atoms with Crippen molar-refractivity contribution in [2.24, 2.45) is 7.05 Å². The van der Waals surface area contributed by atoms with Crippen LogP contribution in [0.15, 0.2) is 0 Å². The molecule has 1 saturated carbocycles. The minimum atomic E-state index is -0.0819. The van der Waals surface area contributed by atoms with Gasteiger partial charge in [0.25, 0.3) is 0 Å². The molecule has 24 heavy (non-hydrogen) atoms. The maximum Gasteiger partial charge on any atom is 0.315 e. The Morgan fingerprint density at radius 3 is 2.62 bits per heavy atom. The third-order valence-electron chi connectivity index (χ3n) is 5.24. The standard InChI is InChI=1S/C18H33N5O/c1-13(12-17-14(2)21-23(5)15(17)3)20-18(24)19-10-11-22(4)16-8-6-7-9-16/h13,16H,6-12H2,1-5H3,(H2,19,20,24). The van der Waals surface area contributed by atoms with Crippen LogP contribution in [0.25, 0.3) is 0 Å². The highest BCUT2D eigenvalue weighted by Crippen LogP contribution is 2.21. The molecule has 1 aliphatic carbocycles. The molecule has 2 rings (SSSR count). The van der Waals surface area contributed by atoms with Crippen molar-refractivity contribution in [2.75, 3.05) is 20.1 Å². The smallest absolute Gasteiger partial charge is 0.315 e. The van der Waals surface area contributed by atoms with Crippen molar-refractivity contribution in [3.8, 4) is 0 Å². The lowest BCUT2D eigenvalue weighted by molar-refractivity contribution is 0.226. The second-order valence-corrected chi connectivity index (χ2v) is 7.20. The summed E-state index contributed by atoms with van der Waals surface area (Å²) in [7, 11) is 4.11. The van der Waals surface area contributed by atoms with Crippen LogP contribution in [0.4, 0.5) is 4.79 Å². The lowest BCUT2D eigenvalue weighted by atomic mass is 10.1. The predicted octanol–water partition coefficient (Wildman–Crippen LogP) is 2.14. The number of hydrogen-bond donors (Lipinski definition) is 2. The second-order valence-electron chi connectivity index (χ2n) is 7.20. The van der Waals surface area contributed by atoms with Crippen molar-refractivity contribution in [1.82, 2.24) is 25.3 Å². The van der Waals surface area contributed by atoms with Gasteiger partial charge in [0, 0.05) is 37.9 Å². The van der Waals surface area contributed by atoms with Gasteiger partial charge in [0.1, 0.15) is 0 Å². The van der Waals surface area contributed by atoms with E-state index in [0.29, 0.717) is 12.6 Å². The first-order chi connectivity index (χ1) is 11.4. The van der Waals surface area contributed by atoms with Crippen molar-refractivity contribution >= 4 is 6.03 Å². The highest BCUT2D eigenvalue weighted by molar-refractivity contribution is 5.74. The predicted molar refractivity (Wildman–Crippen MR) is 97.3 cm³/mol. The summed E-state index contributed by atoms with van der Waals surface area (Å²) < 4.78 is 1.90. The molecule has 1 aliphatic rings. The van der Waals surface area contributed by atoms with Crippen LogP contribution in [0, 0.1) is 13.8 Å². The average molecular weight is 335 g/mol. The van der Waals surface area contributed by atoms with Crippen molar-refractivity contribution in [1.29, 1.82) is 0 Å². The number of rotatable bonds is 7. The van der Waals surface area contributed by atoms with Crippen LogP contribution in [0.3, 0.4) is 0 Å². The summed E-state index contributed by atoms with van der Waals surface area (Å²) in [5, 5.41) is 10.4. The molecule has 1 aromatic rings. The van der Waals surface area contributed by atoms with Crippen molar-refractivity contribution in [3.05, 3.63) is 17.0 Å². The van der Waals surface area contributed by atoms with E-state index >= 15 is 0 Å². The summed E-state index contributed by atoms with van der Waals surface area (Å²) in [6.07, 6.45) is 6.08. The van der Waals surface area contributed by atoms with Gasteiger partial charge >= 0.3 is 6.03 Å².